The molecule has 0 aromatic rings. The number of carbonyl (C=O) groups is 1. The minimum Gasteiger partial charge on any atom is -0.464 e. The van der Waals surface area contributed by atoms with Crippen LogP contribution in [0.4, 0.5) is 0 Å². The van der Waals surface area contributed by atoms with Gasteiger partial charge < -0.3 is 4.74 Å². The summed E-state index contributed by atoms with van der Waals surface area (Å²) >= 11 is 1.80. The van der Waals surface area contributed by atoms with Gasteiger partial charge in [0.25, 0.3) is 0 Å². The van der Waals surface area contributed by atoms with Gasteiger partial charge in [-0.2, -0.15) is 11.8 Å². The lowest BCUT2D eigenvalue weighted by Crippen LogP contribution is -2.00. The van der Waals surface area contributed by atoms with Crippen molar-refractivity contribution in [1.82, 2.24) is 0 Å². The van der Waals surface area contributed by atoms with Crippen molar-refractivity contribution in [1.29, 1.82) is 0 Å². The van der Waals surface area contributed by atoms with Gasteiger partial charge in [0.1, 0.15) is 6.61 Å². The lowest BCUT2D eigenvalue weighted by atomic mass is 10.4. The molecule has 0 bridgehead atoms. The molecule has 3 heteroatoms. The maximum absolute atomic E-state index is 10.5. The molecule has 1 aliphatic rings. The van der Waals surface area contributed by atoms with Crippen molar-refractivity contribution < 1.29 is 9.53 Å². The number of hydrogen-bond donors (Lipinski definition) is 0. The van der Waals surface area contributed by atoms with Gasteiger partial charge in [-0.25, -0.2) is 0 Å². The number of esters is 1. The molecule has 0 aromatic heterocycles. The van der Waals surface area contributed by atoms with Crippen molar-refractivity contribution in [2.45, 2.75) is 18.6 Å². The number of rotatable bonds is 2. The molecule has 1 aliphatic heterocycles. The summed E-state index contributed by atoms with van der Waals surface area (Å²) in [5, 5.41) is 0.433. The highest BCUT2D eigenvalue weighted by Crippen LogP contribution is 2.20. The van der Waals surface area contributed by atoms with Crippen LogP contribution in [0.15, 0.2) is 0 Å². The van der Waals surface area contributed by atoms with E-state index in [2.05, 4.69) is 6.92 Å². The number of carbonyl (C=O) groups excluding carboxylic acids is 1. The molecule has 1 rings (SSSR count). The van der Waals surface area contributed by atoms with E-state index in [1.54, 1.807) is 11.8 Å². The van der Waals surface area contributed by atoms with Gasteiger partial charge in [0.2, 0.25) is 0 Å². The molecule has 0 radical (unpaired) electrons. The van der Waals surface area contributed by atoms with Gasteiger partial charge in [-0.1, -0.05) is 6.92 Å². The van der Waals surface area contributed by atoms with Gasteiger partial charge in [-0.05, 0) is 5.75 Å². The SMILES string of the molecule is CCSC1COC(=O)C1. The molecule has 2 nitrogen and oxygen atoms in total. The molecule has 0 spiro atoms. The Morgan fingerprint density at radius 3 is 3.11 bits per heavy atom. The van der Waals surface area contributed by atoms with E-state index in [0.717, 1.165) is 5.75 Å². The summed E-state index contributed by atoms with van der Waals surface area (Å²) in [7, 11) is 0. The monoisotopic (exact) mass is 146 g/mol. The average molecular weight is 146 g/mol. The molecule has 0 saturated carbocycles. The topological polar surface area (TPSA) is 26.3 Å². The second-order valence-corrected chi connectivity index (χ2v) is 3.54. The molecule has 1 heterocycles. The largest absolute Gasteiger partial charge is 0.464 e. The van der Waals surface area contributed by atoms with E-state index in [4.69, 9.17) is 4.74 Å². The van der Waals surface area contributed by atoms with Gasteiger partial charge >= 0.3 is 5.97 Å². The Morgan fingerprint density at radius 1 is 1.89 bits per heavy atom. The Hall–Kier alpha value is -0.180. The van der Waals surface area contributed by atoms with E-state index < -0.39 is 0 Å². The smallest absolute Gasteiger partial charge is 0.307 e. The zero-order valence-corrected chi connectivity index (χ0v) is 6.24. The zero-order chi connectivity index (χ0) is 6.69. The second-order valence-electron chi connectivity index (χ2n) is 1.96. The Bertz CT molecular complexity index is 114. The van der Waals surface area contributed by atoms with Crippen LogP contribution in [0.25, 0.3) is 0 Å². The fourth-order valence-corrected chi connectivity index (χ4v) is 1.72. The Balaban J connectivity index is 2.22. The van der Waals surface area contributed by atoms with Gasteiger partial charge in [0.05, 0.1) is 6.42 Å². The molecular weight excluding hydrogens is 136 g/mol. The van der Waals surface area contributed by atoms with Gasteiger partial charge in [0, 0.05) is 5.25 Å². The van der Waals surface area contributed by atoms with E-state index in [-0.39, 0.29) is 5.97 Å². The molecule has 1 atom stereocenters. The van der Waals surface area contributed by atoms with Crippen LogP contribution in [-0.2, 0) is 9.53 Å². The molecule has 0 aliphatic carbocycles. The normalized spacial score (nSPS) is 26.3. The maximum Gasteiger partial charge on any atom is 0.307 e. The van der Waals surface area contributed by atoms with E-state index in [0.29, 0.717) is 18.3 Å². The van der Waals surface area contributed by atoms with E-state index >= 15 is 0 Å². The average Bonchev–Trinajstić information content (AvgIpc) is 2.17. The van der Waals surface area contributed by atoms with E-state index in [1.165, 1.54) is 0 Å². The summed E-state index contributed by atoms with van der Waals surface area (Å²) in [6, 6.07) is 0. The van der Waals surface area contributed by atoms with Crippen LogP contribution in [0.2, 0.25) is 0 Å². The summed E-state index contributed by atoms with van der Waals surface area (Å²) in [6.45, 7) is 2.71. The Morgan fingerprint density at radius 2 is 2.67 bits per heavy atom. The Labute approximate surface area is 59.0 Å². The van der Waals surface area contributed by atoms with Crippen molar-refractivity contribution in [3.05, 3.63) is 0 Å². The number of ether oxygens (including phenoxy) is 1. The third-order valence-corrected chi connectivity index (χ3v) is 2.33. The first kappa shape index (κ1) is 6.93. The minimum atomic E-state index is -0.0408. The molecule has 0 amide bonds. The Kier molecular flexibility index (Phi) is 2.39. The highest BCUT2D eigenvalue weighted by Gasteiger charge is 2.22. The van der Waals surface area contributed by atoms with Crippen LogP contribution in [0.5, 0.6) is 0 Å². The second kappa shape index (κ2) is 3.11. The van der Waals surface area contributed by atoms with Crippen LogP contribution in [0, 0.1) is 0 Å². The molecule has 1 fully saturated rings. The predicted octanol–water partition coefficient (Wildman–Crippen LogP) is 1.05. The fourth-order valence-electron chi connectivity index (χ4n) is 0.832. The first-order valence-electron chi connectivity index (χ1n) is 3.10. The summed E-state index contributed by atoms with van der Waals surface area (Å²) < 4.78 is 4.76. The third kappa shape index (κ3) is 1.90. The minimum absolute atomic E-state index is 0.0408. The molecule has 52 valence electrons. The highest BCUT2D eigenvalue weighted by molar-refractivity contribution is 7.99. The van der Waals surface area contributed by atoms with Gasteiger partial charge in [-0.15, -0.1) is 0 Å². The zero-order valence-electron chi connectivity index (χ0n) is 5.42. The predicted molar refractivity (Wildman–Crippen MR) is 37.5 cm³/mol. The maximum atomic E-state index is 10.5. The lowest BCUT2D eigenvalue weighted by molar-refractivity contribution is -0.137. The summed E-state index contributed by atoms with van der Waals surface area (Å²) in [6.07, 6.45) is 0.610. The van der Waals surface area contributed by atoms with Crippen LogP contribution in [0.1, 0.15) is 13.3 Å². The first-order chi connectivity index (χ1) is 4.33. The molecule has 1 unspecified atom stereocenters. The fraction of sp³-hybridized carbons (Fsp3) is 0.833. The van der Waals surface area contributed by atoms with Crippen molar-refractivity contribution in [3.63, 3.8) is 0 Å². The number of hydrogen-bond acceptors (Lipinski definition) is 3. The van der Waals surface area contributed by atoms with Crippen LogP contribution >= 0.6 is 11.8 Å². The lowest BCUT2D eigenvalue weighted by Gasteiger charge is -1.99. The van der Waals surface area contributed by atoms with E-state index in [1.807, 2.05) is 0 Å². The van der Waals surface area contributed by atoms with Crippen molar-refractivity contribution in [2.75, 3.05) is 12.4 Å². The molecular formula is C6H10O2S. The summed E-state index contributed by atoms with van der Waals surface area (Å²) in [4.78, 5) is 10.5. The molecule has 0 N–H and O–H groups in total. The summed E-state index contributed by atoms with van der Waals surface area (Å²) in [5.74, 6) is 1.03. The van der Waals surface area contributed by atoms with E-state index in [9.17, 15) is 4.79 Å². The molecule has 0 aromatic carbocycles. The van der Waals surface area contributed by atoms with Crippen LogP contribution in [0.3, 0.4) is 0 Å². The van der Waals surface area contributed by atoms with Crippen LogP contribution in [-0.4, -0.2) is 23.6 Å². The quantitative estimate of drug-likeness (QED) is 0.545. The molecule has 9 heavy (non-hydrogen) atoms. The summed E-state index contributed by atoms with van der Waals surface area (Å²) in [5.41, 5.74) is 0. The molecule has 1 saturated heterocycles. The van der Waals surface area contributed by atoms with Crippen molar-refractivity contribution >= 4 is 17.7 Å². The van der Waals surface area contributed by atoms with Crippen LogP contribution < -0.4 is 0 Å². The third-order valence-electron chi connectivity index (χ3n) is 1.23. The van der Waals surface area contributed by atoms with Crippen molar-refractivity contribution in [2.24, 2.45) is 0 Å². The highest BCUT2D eigenvalue weighted by atomic mass is 32.2. The number of cyclic esters (lactones) is 1. The standard InChI is InChI=1S/C6H10O2S/c1-2-9-5-3-6(7)8-4-5/h5H,2-4H2,1H3. The van der Waals surface area contributed by atoms with Gasteiger partial charge in [0.15, 0.2) is 0 Å². The number of thioether (sulfide) groups is 1. The van der Waals surface area contributed by atoms with Crippen molar-refractivity contribution in [3.8, 4) is 0 Å². The first-order valence-corrected chi connectivity index (χ1v) is 4.15. The van der Waals surface area contributed by atoms with Gasteiger partial charge in [-0.3, -0.25) is 4.79 Å².